The van der Waals surface area contributed by atoms with Crippen molar-refractivity contribution >= 4 is 5.69 Å². The van der Waals surface area contributed by atoms with Gasteiger partial charge in [-0.15, -0.1) is 0 Å². The van der Waals surface area contributed by atoms with Crippen molar-refractivity contribution in [2.75, 3.05) is 5.32 Å². The molecule has 3 rings (SSSR count). The van der Waals surface area contributed by atoms with Crippen LogP contribution in [0.4, 0.5) is 5.69 Å². The van der Waals surface area contributed by atoms with Gasteiger partial charge in [0, 0.05) is 18.9 Å². The molecule has 0 atom stereocenters. The Morgan fingerprint density at radius 3 is 2.33 bits per heavy atom. The molecule has 0 bridgehead atoms. The first kappa shape index (κ1) is 13.2. The summed E-state index contributed by atoms with van der Waals surface area (Å²) in [7, 11) is 1.94. The van der Waals surface area contributed by atoms with E-state index in [0.717, 1.165) is 29.4 Å². The molecule has 1 aromatic heterocycles. The summed E-state index contributed by atoms with van der Waals surface area (Å²) in [6, 6.07) is 19.7. The zero-order valence-corrected chi connectivity index (χ0v) is 11.9. The summed E-state index contributed by atoms with van der Waals surface area (Å²) >= 11 is 0. The number of nitrogens with zero attached hydrogens (tertiary/aromatic N) is 2. The van der Waals surface area contributed by atoms with E-state index < -0.39 is 0 Å². The molecule has 3 aromatic rings. The fourth-order valence-electron chi connectivity index (χ4n) is 2.03. The van der Waals surface area contributed by atoms with Gasteiger partial charge in [-0.2, -0.15) is 5.10 Å². The quantitative estimate of drug-likeness (QED) is 0.771. The Labute approximate surface area is 124 Å². The molecule has 0 amide bonds. The van der Waals surface area contributed by atoms with Gasteiger partial charge in [-0.25, -0.2) is 0 Å². The van der Waals surface area contributed by atoms with Gasteiger partial charge in [0.1, 0.15) is 11.5 Å². The van der Waals surface area contributed by atoms with E-state index in [1.807, 2.05) is 72.4 Å². The van der Waals surface area contributed by atoms with Crippen molar-refractivity contribution in [1.82, 2.24) is 9.78 Å². The van der Waals surface area contributed by atoms with Crippen LogP contribution in [0.2, 0.25) is 0 Å². The molecule has 1 N–H and O–H groups in total. The van der Waals surface area contributed by atoms with Crippen LogP contribution in [0.5, 0.6) is 11.5 Å². The second kappa shape index (κ2) is 6.13. The van der Waals surface area contributed by atoms with Crippen LogP contribution in [0.15, 0.2) is 66.9 Å². The third kappa shape index (κ3) is 3.42. The van der Waals surface area contributed by atoms with Gasteiger partial charge in [0.25, 0.3) is 0 Å². The van der Waals surface area contributed by atoms with E-state index >= 15 is 0 Å². The van der Waals surface area contributed by atoms with Crippen LogP contribution in [0.25, 0.3) is 0 Å². The predicted octanol–water partition coefficient (Wildman–Crippen LogP) is 3.82. The summed E-state index contributed by atoms with van der Waals surface area (Å²) in [5.74, 6) is 1.67. The lowest BCUT2D eigenvalue weighted by molar-refractivity contribution is 0.483. The molecule has 0 spiro atoms. The maximum Gasteiger partial charge on any atom is 0.127 e. The van der Waals surface area contributed by atoms with Crippen molar-refractivity contribution in [3.8, 4) is 11.5 Å². The van der Waals surface area contributed by atoms with Crippen LogP contribution < -0.4 is 10.1 Å². The fraction of sp³-hybridized carbons (Fsp3) is 0.118. The number of benzene rings is 2. The fourth-order valence-corrected chi connectivity index (χ4v) is 2.03. The van der Waals surface area contributed by atoms with Gasteiger partial charge < -0.3 is 10.1 Å². The number of para-hydroxylation sites is 1. The standard InChI is InChI=1S/C17H17N3O/c1-20-15(11-12-19-20)13-18-14-7-9-17(10-8-14)21-16-5-3-2-4-6-16/h2-12,18H,13H2,1H3. The minimum Gasteiger partial charge on any atom is -0.457 e. The van der Waals surface area contributed by atoms with E-state index in [4.69, 9.17) is 4.74 Å². The van der Waals surface area contributed by atoms with Crippen LogP contribution in [-0.2, 0) is 13.6 Å². The molecule has 0 aliphatic carbocycles. The number of anilines is 1. The minimum absolute atomic E-state index is 0.745. The maximum absolute atomic E-state index is 5.76. The number of hydrogen-bond acceptors (Lipinski definition) is 3. The van der Waals surface area contributed by atoms with E-state index in [9.17, 15) is 0 Å². The number of rotatable bonds is 5. The molecule has 0 radical (unpaired) electrons. The number of ether oxygens (including phenoxy) is 1. The lowest BCUT2D eigenvalue weighted by atomic mass is 10.3. The molecule has 2 aromatic carbocycles. The van der Waals surface area contributed by atoms with Gasteiger partial charge in [0.2, 0.25) is 0 Å². The Kier molecular flexibility index (Phi) is 3.87. The molecule has 4 heteroatoms. The summed E-state index contributed by atoms with van der Waals surface area (Å²) in [6.07, 6.45) is 1.80. The smallest absolute Gasteiger partial charge is 0.127 e. The monoisotopic (exact) mass is 279 g/mol. The molecule has 1 heterocycles. The lowest BCUT2D eigenvalue weighted by Crippen LogP contribution is -2.05. The highest BCUT2D eigenvalue weighted by Crippen LogP contribution is 2.22. The highest BCUT2D eigenvalue weighted by Gasteiger charge is 2.00. The van der Waals surface area contributed by atoms with Gasteiger partial charge >= 0.3 is 0 Å². The van der Waals surface area contributed by atoms with Gasteiger partial charge in [-0.1, -0.05) is 18.2 Å². The van der Waals surface area contributed by atoms with E-state index in [1.165, 1.54) is 0 Å². The van der Waals surface area contributed by atoms with E-state index in [2.05, 4.69) is 10.4 Å². The summed E-state index contributed by atoms with van der Waals surface area (Å²) in [6.45, 7) is 0.745. The van der Waals surface area contributed by atoms with Gasteiger partial charge in [-0.05, 0) is 42.5 Å². The summed E-state index contributed by atoms with van der Waals surface area (Å²) in [4.78, 5) is 0. The average Bonchev–Trinajstić information content (AvgIpc) is 2.93. The van der Waals surface area contributed by atoms with Crippen LogP contribution in [0, 0.1) is 0 Å². The molecule has 4 nitrogen and oxygen atoms in total. The molecule has 0 fully saturated rings. The van der Waals surface area contributed by atoms with Crippen molar-refractivity contribution < 1.29 is 4.74 Å². The number of aryl methyl sites for hydroxylation is 1. The van der Waals surface area contributed by atoms with Crippen LogP contribution >= 0.6 is 0 Å². The first-order valence-electron chi connectivity index (χ1n) is 6.85. The Hall–Kier alpha value is -2.75. The largest absolute Gasteiger partial charge is 0.457 e. The Morgan fingerprint density at radius 2 is 1.67 bits per heavy atom. The SMILES string of the molecule is Cn1nccc1CNc1ccc(Oc2ccccc2)cc1. The highest BCUT2D eigenvalue weighted by molar-refractivity contribution is 5.47. The van der Waals surface area contributed by atoms with E-state index in [0.29, 0.717) is 0 Å². The molecule has 0 aliphatic rings. The Morgan fingerprint density at radius 1 is 0.952 bits per heavy atom. The molecule has 21 heavy (non-hydrogen) atoms. The normalized spacial score (nSPS) is 10.3. The zero-order chi connectivity index (χ0) is 14.5. The van der Waals surface area contributed by atoms with Crippen molar-refractivity contribution in [1.29, 1.82) is 0 Å². The molecule has 0 saturated heterocycles. The van der Waals surface area contributed by atoms with Crippen LogP contribution in [0.3, 0.4) is 0 Å². The maximum atomic E-state index is 5.76. The number of hydrogen-bond donors (Lipinski definition) is 1. The zero-order valence-electron chi connectivity index (χ0n) is 11.9. The van der Waals surface area contributed by atoms with E-state index in [1.54, 1.807) is 6.20 Å². The Balaban J connectivity index is 1.60. The third-order valence-corrected chi connectivity index (χ3v) is 3.23. The van der Waals surface area contributed by atoms with Crippen LogP contribution in [-0.4, -0.2) is 9.78 Å². The van der Waals surface area contributed by atoms with Crippen LogP contribution in [0.1, 0.15) is 5.69 Å². The van der Waals surface area contributed by atoms with Crippen molar-refractivity contribution in [2.45, 2.75) is 6.54 Å². The summed E-state index contributed by atoms with van der Waals surface area (Å²) in [5, 5.41) is 7.51. The van der Waals surface area contributed by atoms with Gasteiger partial charge in [0.15, 0.2) is 0 Å². The second-order valence-electron chi connectivity index (χ2n) is 4.74. The third-order valence-electron chi connectivity index (χ3n) is 3.23. The van der Waals surface area contributed by atoms with Gasteiger partial charge in [0.05, 0.1) is 12.2 Å². The topological polar surface area (TPSA) is 39.1 Å². The Bertz CT molecular complexity index is 690. The predicted molar refractivity (Wildman–Crippen MR) is 83.5 cm³/mol. The first-order valence-corrected chi connectivity index (χ1v) is 6.85. The lowest BCUT2D eigenvalue weighted by Gasteiger charge is -2.09. The number of nitrogens with one attached hydrogen (secondary N) is 1. The molecule has 0 unspecified atom stereocenters. The molecule has 106 valence electrons. The molecule has 0 saturated carbocycles. The number of aromatic nitrogens is 2. The first-order chi connectivity index (χ1) is 10.3. The minimum atomic E-state index is 0.745. The van der Waals surface area contributed by atoms with Crippen molar-refractivity contribution in [2.24, 2.45) is 7.05 Å². The average molecular weight is 279 g/mol. The molecule has 0 aliphatic heterocycles. The van der Waals surface area contributed by atoms with E-state index in [-0.39, 0.29) is 0 Å². The van der Waals surface area contributed by atoms with Crippen molar-refractivity contribution in [3.05, 3.63) is 72.6 Å². The van der Waals surface area contributed by atoms with Gasteiger partial charge in [-0.3, -0.25) is 4.68 Å². The molecular formula is C17H17N3O. The highest BCUT2D eigenvalue weighted by atomic mass is 16.5. The molecular weight excluding hydrogens is 262 g/mol. The van der Waals surface area contributed by atoms with Crippen molar-refractivity contribution in [3.63, 3.8) is 0 Å². The summed E-state index contributed by atoms with van der Waals surface area (Å²) < 4.78 is 7.62. The summed E-state index contributed by atoms with van der Waals surface area (Å²) in [5.41, 5.74) is 2.19. The second-order valence-corrected chi connectivity index (χ2v) is 4.74.